The molecule has 0 aliphatic rings. The molecule has 5 aromatic rings. The fourth-order valence-corrected chi connectivity index (χ4v) is 3.89. The van der Waals surface area contributed by atoms with Gasteiger partial charge in [-0.2, -0.15) is 0 Å². The summed E-state index contributed by atoms with van der Waals surface area (Å²) in [6.07, 6.45) is 0. The van der Waals surface area contributed by atoms with Crippen LogP contribution in [0, 0.1) is 20.8 Å². The van der Waals surface area contributed by atoms with E-state index in [1.807, 2.05) is 6.92 Å². The third-order valence-electron chi connectivity index (χ3n) is 5.04. The summed E-state index contributed by atoms with van der Waals surface area (Å²) in [4.78, 5) is 0. The van der Waals surface area contributed by atoms with Gasteiger partial charge in [-0.15, -0.1) is 0 Å². The van der Waals surface area contributed by atoms with Crippen LogP contribution in [0.5, 0.6) is 0 Å². The van der Waals surface area contributed by atoms with E-state index in [-0.39, 0.29) is 0 Å². The van der Waals surface area contributed by atoms with Crippen molar-refractivity contribution in [1.82, 2.24) is 0 Å². The Morgan fingerprint density at radius 1 is 0.583 bits per heavy atom. The highest BCUT2D eigenvalue weighted by Gasteiger charge is 2.11. The zero-order chi connectivity index (χ0) is 16.4. The van der Waals surface area contributed by atoms with Crippen LogP contribution in [-0.4, -0.2) is 0 Å². The highest BCUT2D eigenvalue weighted by Crippen LogP contribution is 2.36. The fraction of sp³-hybridized carbons (Fsp3) is 0.130. The average molecular weight is 310 g/mol. The lowest BCUT2D eigenvalue weighted by atomic mass is 9.95. The van der Waals surface area contributed by atoms with Gasteiger partial charge in [-0.1, -0.05) is 35.9 Å². The molecule has 0 fully saturated rings. The van der Waals surface area contributed by atoms with Gasteiger partial charge in [-0.25, -0.2) is 0 Å². The van der Waals surface area contributed by atoms with Crippen LogP contribution in [0.15, 0.2) is 59.0 Å². The molecule has 1 nitrogen and oxygen atoms in total. The zero-order valence-corrected chi connectivity index (χ0v) is 14.1. The minimum atomic E-state index is 0.967. The Morgan fingerprint density at radius 3 is 2.29 bits per heavy atom. The summed E-state index contributed by atoms with van der Waals surface area (Å²) in [5, 5.41) is 8.99. The standard InChI is InChI=1S/C23H18O/c1-13-4-5-16-12-20-17(11-18(16)8-13)6-7-19-21(20)9-14(2)23-22(19)10-15(3)24-23/h4-12H,1-3H3. The molecule has 1 heteroatoms. The Morgan fingerprint density at radius 2 is 1.42 bits per heavy atom. The first-order chi connectivity index (χ1) is 11.6. The number of hydrogen-bond acceptors (Lipinski definition) is 1. The van der Waals surface area contributed by atoms with E-state index >= 15 is 0 Å². The number of benzene rings is 4. The predicted molar refractivity (Wildman–Crippen MR) is 103 cm³/mol. The number of fused-ring (bicyclic) bond motifs is 6. The number of hydrogen-bond donors (Lipinski definition) is 0. The first-order valence-electron chi connectivity index (χ1n) is 8.37. The van der Waals surface area contributed by atoms with Crippen molar-refractivity contribution < 1.29 is 4.42 Å². The summed E-state index contributed by atoms with van der Waals surface area (Å²) in [5.74, 6) is 0.967. The largest absolute Gasteiger partial charge is 0.461 e. The molecule has 116 valence electrons. The maximum Gasteiger partial charge on any atom is 0.137 e. The second-order valence-corrected chi connectivity index (χ2v) is 6.88. The van der Waals surface area contributed by atoms with Crippen LogP contribution in [0.25, 0.3) is 43.3 Å². The third-order valence-corrected chi connectivity index (χ3v) is 5.04. The second-order valence-electron chi connectivity index (χ2n) is 6.88. The molecular formula is C23H18O. The Kier molecular flexibility index (Phi) is 2.62. The Bertz CT molecular complexity index is 1270. The fourth-order valence-electron chi connectivity index (χ4n) is 3.89. The zero-order valence-electron chi connectivity index (χ0n) is 14.1. The molecule has 5 rings (SSSR count). The number of aryl methyl sites for hydroxylation is 3. The third kappa shape index (κ3) is 1.81. The lowest BCUT2D eigenvalue weighted by Gasteiger charge is -2.09. The minimum absolute atomic E-state index is 0.967. The monoisotopic (exact) mass is 310 g/mol. The molecule has 0 bridgehead atoms. The molecule has 0 N–H and O–H groups in total. The van der Waals surface area contributed by atoms with Crippen molar-refractivity contribution in [2.24, 2.45) is 0 Å². The minimum Gasteiger partial charge on any atom is -0.461 e. The van der Waals surface area contributed by atoms with Gasteiger partial charge in [0.15, 0.2) is 0 Å². The molecule has 0 aliphatic heterocycles. The smallest absolute Gasteiger partial charge is 0.137 e. The predicted octanol–water partition coefficient (Wildman–Crippen LogP) is 6.82. The van der Waals surface area contributed by atoms with Crippen molar-refractivity contribution in [1.29, 1.82) is 0 Å². The summed E-state index contributed by atoms with van der Waals surface area (Å²) in [6.45, 7) is 6.29. The maximum absolute atomic E-state index is 5.90. The quantitative estimate of drug-likeness (QED) is 0.226. The van der Waals surface area contributed by atoms with Crippen LogP contribution >= 0.6 is 0 Å². The van der Waals surface area contributed by atoms with Gasteiger partial charge in [0.1, 0.15) is 11.3 Å². The van der Waals surface area contributed by atoms with Crippen LogP contribution < -0.4 is 0 Å². The summed E-state index contributed by atoms with van der Waals surface area (Å²) in [5.41, 5.74) is 3.51. The SMILES string of the molecule is Cc1ccc2cc3c(ccc4c5cc(C)oc5c(C)cc34)cc2c1. The summed E-state index contributed by atoms with van der Waals surface area (Å²) >= 11 is 0. The molecule has 0 spiro atoms. The van der Waals surface area contributed by atoms with E-state index < -0.39 is 0 Å². The molecule has 0 saturated carbocycles. The van der Waals surface area contributed by atoms with Crippen molar-refractivity contribution in [2.75, 3.05) is 0 Å². The Balaban J connectivity index is 2.00. The van der Waals surface area contributed by atoms with Gasteiger partial charge in [-0.05, 0) is 82.9 Å². The molecule has 0 radical (unpaired) electrons. The molecule has 0 unspecified atom stereocenters. The van der Waals surface area contributed by atoms with Gasteiger partial charge in [0, 0.05) is 5.39 Å². The van der Waals surface area contributed by atoms with E-state index in [1.54, 1.807) is 0 Å². The van der Waals surface area contributed by atoms with Crippen LogP contribution in [0.3, 0.4) is 0 Å². The molecular weight excluding hydrogens is 292 g/mol. The first kappa shape index (κ1) is 13.6. The van der Waals surface area contributed by atoms with Crippen LogP contribution in [0.4, 0.5) is 0 Å². The summed E-state index contributed by atoms with van der Waals surface area (Å²) in [6, 6.07) is 20.2. The van der Waals surface area contributed by atoms with E-state index in [4.69, 9.17) is 4.42 Å². The van der Waals surface area contributed by atoms with E-state index in [2.05, 4.69) is 68.4 Å². The Labute approximate surface area is 140 Å². The van der Waals surface area contributed by atoms with Gasteiger partial charge in [0.05, 0.1) is 0 Å². The highest BCUT2D eigenvalue weighted by molar-refractivity contribution is 6.19. The highest BCUT2D eigenvalue weighted by atomic mass is 16.3. The molecule has 24 heavy (non-hydrogen) atoms. The molecule has 0 aliphatic carbocycles. The van der Waals surface area contributed by atoms with Crippen molar-refractivity contribution in [3.8, 4) is 0 Å². The van der Waals surface area contributed by atoms with Gasteiger partial charge in [0.2, 0.25) is 0 Å². The van der Waals surface area contributed by atoms with Crippen molar-refractivity contribution in [3.05, 3.63) is 71.5 Å². The molecule has 0 saturated heterocycles. The normalized spacial score (nSPS) is 12.0. The molecule has 1 heterocycles. The van der Waals surface area contributed by atoms with Crippen molar-refractivity contribution in [2.45, 2.75) is 20.8 Å². The molecule has 1 aromatic heterocycles. The van der Waals surface area contributed by atoms with Crippen LogP contribution in [-0.2, 0) is 0 Å². The first-order valence-corrected chi connectivity index (χ1v) is 8.37. The molecule has 4 aromatic carbocycles. The Hall–Kier alpha value is -2.80. The molecule has 0 amide bonds. The number of furan rings is 1. The van der Waals surface area contributed by atoms with Crippen molar-refractivity contribution in [3.63, 3.8) is 0 Å². The number of rotatable bonds is 0. The summed E-state index contributed by atoms with van der Waals surface area (Å²) in [7, 11) is 0. The van der Waals surface area contributed by atoms with E-state index in [9.17, 15) is 0 Å². The lowest BCUT2D eigenvalue weighted by molar-refractivity contribution is 0.576. The van der Waals surface area contributed by atoms with Gasteiger partial charge >= 0.3 is 0 Å². The van der Waals surface area contributed by atoms with Crippen molar-refractivity contribution >= 4 is 43.3 Å². The van der Waals surface area contributed by atoms with E-state index in [0.29, 0.717) is 0 Å². The molecule has 0 atom stereocenters. The van der Waals surface area contributed by atoms with E-state index in [1.165, 1.54) is 48.8 Å². The van der Waals surface area contributed by atoms with Gasteiger partial charge in [0.25, 0.3) is 0 Å². The maximum atomic E-state index is 5.90. The van der Waals surface area contributed by atoms with E-state index in [0.717, 1.165) is 11.3 Å². The van der Waals surface area contributed by atoms with Gasteiger partial charge in [-0.3, -0.25) is 0 Å². The van der Waals surface area contributed by atoms with Crippen LogP contribution in [0.2, 0.25) is 0 Å². The van der Waals surface area contributed by atoms with Crippen LogP contribution in [0.1, 0.15) is 16.9 Å². The topological polar surface area (TPSA) is 13.1 Å². The second kappa shape index (κ2) is 4.61. The van der Waals surface area contributed by atoms with Gasteiger partial charge < -0.3 is 4.42 Å². The average Bonchev–Trinajstić information content (AvgIpc) is 2.95. The lowest BCUT2D eigenvalue weighted by Crippen LogP contribution is -1.83. The summed E-state index contributed by atoms with van der Waals surface area (Å²) < 4.78 is 5.90.